The number of H-pyrrole nitrogens is 2. The Labute approximate surface area is 215 Å². The van der Waals surface area contributed by atoms with E-state index in [1.54, 1.807) is 12.1 Å². The molecule has 11 nitrogen and oxygen atoms in total. The van der Waals surface area contributed by atoms with Crippen molar-refractivity contribution < 1.29 is 14.3 Å². The van der Waals surface area contributed by atoms with Crippen molar-refractivity contribution in [3.63, 3.8) is 0 Å². The summed E-state index contributed by atoms with van der Waals surface area (Å²) in [6, 6.07) is 10.2. The van der Waals surface area contributed by atoms with Crippen LogP contribution < -0.4 is 26.0 Å². The zero-order valence-electron chi connectivity index (χ0n) is 22.0. The van der Waals surface area contributed by atoms with Gasteiger partial charge in [-0.3, -0.25) is 10.6 Å². The van der Waals surface area contributed by atoms with E-state index in [0.29, 0.717) is 34.4 Å². The van der Waals surface area contributed by atoms with Gasteiger partial charge in [0.15, 0.2) is 0 Å². The number of hydrogen-bond donors (Lipinski definition) is 6. The Bertz CT molecular complexity index is 1330. The maximum Gasteiger partial charge on any atom is 0.321 e. The van der Waals surface area contributed by atoms with Gasteiger partial charge in [-0.2, -0.15) is 0 Å². The van der Waals surface area contributed by atoms with Crippen molar-refractivity contribution in [1.29, 1.82) is 0 Å². The number of hydrogen-bond acceptors (Lipinski definition) is 5. The molecule has 6 N–H and O–H groups in total. The monoisotopic (exact) mass is 506 g/mol. The van der Waals surface area contributed by atoms with Crippen LogP contribution in [0, 0.1) is 0 Å². The molecule has 4 rings (SSSR count). The number of aromatic amines is 2. The molecule has 0 unspecified atom stereocenters. The van der Waals surface area contributed by atoms with Crippen molar-refractivity contribution in [1.82, 2.24) is 30.6 Å². The molecule has 2 heterocycles. The standard InChI is InChI=1S/C26H34N8O3/c1-7-25(3,4)33-23(35)31-21-27-17-11-9-15(13-19(17)29-21)37-16-10-12-18-20(14-16)30-22(28-18)32-24(36)34-26(5,6)8-2/h9-14H,7-8H2,1-6H3,(H3,27,29,31,33,35)(H3,28,30,32,34,36). The Morgan fingerprint density at radius 3 is 1.54 bits per heavy atom. The summed E-state index contributed by atoms with van der Waals surface area (Å²) >= 11 is 0. The predicted molar refractivity (Wildman–Crippen MR) is 145 cm³/mol. The minimum absolute atomic E-state index is 0.317. The summed E-state index contributed by atoms with van der Waals surface area (Å²) in [5.41, 5.74) is 2.20. The zero-order valence-corrected chi connectivity index (χ0v) is 22.0. The van der Waals surface area contributed by atoms with Crippen LogP contribution in [0.2, 0.25) is 0 Å². The second kappa shape index (κ2) is 10.00. The van der Waals surface area contributed by atoms with E-state index in [9.17, 15) is 9.59 Å². The van der Waals surface area contributed by atoms with Gasteiger partial charge in [-0.25, -0.2) is 19.6 Å². The molecule has 196 valence electrons. The summed E-state index contributed by atoms with van der Waals surface area (Å²) in [5, 5.41) is 11.3. The first kappa shape index (κ1) is 25.8. The van der Waals surface area contributed by atoms with Crippen LogP contribution in [0.1, 0.15) is 54.4 Å². The molecule has 0 aliphatic carbocycles. The van der Waals surface area contributed by atoms with Crippen molar-refractivity contribution in [2.75, 3.05) is 10.6 Å². The molecule has 2 aromatic heterocycles. The van der Waals surface area contributed by atoms with Crippen LogP contribution in [0.4, 0.5) is 21.5 Å². The van der Waals surface area contributed by atoms with Gasteiger partial charge in [-0.15, -0.1) is 0 Å². The Kier molecular flexibility index (Phi) is 6.97. The molecule has 4 aromatic rings. The topological polar surface area (TPSA) is 149 Å². The van der Waals surface area contributed by atoms with Crippen molar-refractivity contribution in [2.24, 2.45) is 0 Å². The molecular formula is C26H34N8O3. The van der Waals surface area contributed by atoms with Crippen LogP contribution in [0.25, 0.3) is 22.1 Å². The minimum atomic E-state index is -0.323. The van der Waals surface area contributed by atoms with Gasteiger partial charge < -0.3 is 25.3 Å². The van der Waals surface area contributed by atoms with Gasteiger partial charge in [0.1, 0.15) is 11.5 Å². The summed E-state index contributed by atoms with van der Waals surface area (Å²) in [7, 11) is 0. The molecule has 0 saturated heterocycles. The maximum atomic E-state index is 12.3. The lowest BCUT2D eigenvalue weighted by molar-refractivity contribution is 0.239. The van der Waals surface area contributed by atoms with E-state index in [-0.39, 0.29) is 23.1 Å². The second-order valence-electron chi connectivity index (χ2n) is 10.3. The SMILES string of the molecule is CCC(C)(C)NC(=O)Nc1nc2ccc(Oc3ccc4nc(NC(=O)NC(C)(C)CC)[nH]c4c3)cc2[nH]1. The molecule has 0 aliphatic rings. The number of nitrogens with zero attached hydrogens (tertiary/aromatic N) is 2. The Balaban J connectivity index is 1.44. The van der Waals surface area contributed by atoms with Crippen LogP contribution >= 0.6 is 0 Å². The fourth-order valence-corrected chi connectivity index (χ4v) is 3.43. The lowest BCUT2D eigenvalue weighted by atomic mass is 10.0. The molecule has 2 aromatic carbocycles. The number of nitrogens with one attached hydrogen (secondary N) is 6. The normalized spacial score (nSPS) is 11.9. The number of ether oxygens (including phenoxy) is 1. The number of aromatic nitrogens is 4. The quantitative estimate of drug-likeness (QED) is 0.177. The van der Waals surface area contributed by atoms with Crippen LogP contribution in [0.5, 0.6) is 11.5 Å². The minimum Gasteiger partial charge on any atom is -0.457 e. The van der Waals surface area contributed by atoms with E-state index in [4.69, 9.17) is 4.74 Å². The molecule has 11 heteroatoms. The molecule has 37 heavy (non-hydrogen) atoms. The van der Waals surface area contributed by atoms with Gasteiger partial charge in [-0.1, -0.05) is 13.8 Å². The van der Waals surface area contributed by atoms with Gasteiger partial charge in [-0.05, 0) is 64.8 Å². The number of fused-ring (bicyclic) bond motifs is 2. The number of amides is 4. The van der Waals surface area contributed by atoms with Crippen molar-refractivity contribution in [3.8, 4) is 11.5 Å². The summed E-state index contributed by atoms with van der Waals surface area (Å²) in [6.45, 7) is 11.8. The number of rotatable bonds is 8. The van der Waals surface area contributed by atoms with E-state index in [1.165, 1.54) is 0 Å². The highest BCUT2D eigenvalue weighted by molar-refractivity contribution is 5.91. The predicted octanol–water partition coefficient (Wildman–Crippen LogP) is 5.85. The third-order valence-corrected chi connectivity index (χ3v) is 6.28. The molecule has 0 fully saturated rings. The maximum absolute atomic E-state index is 12.3. The third kappa shape index (κ3) is 6.49. The van der Waals surface area contributed by atoms with Crippen molar-refractivity contribution in [3.05, 3.63) is 36.4 Å². The molecular weight excluding hydrogens is 472 g/mol. The highest BCUT2D eigenvalue weighted by Gasteiger charge is 2.19. The molecule has 0 atom stereocenters. The fraction of sp³-hybridized carbons (Fsp3) is 0.385. The molecule has 0 bridgehead atoms. The zero-order chi connectivity index (χ0) is 26.8. The average molecular weight is 507 g/mol. The van der Waals surface area contributed by atoms with Crippen molar-refractivity contribution in [2.45, 2.75) is 65.5 Å². The molecule has 4 amide bonds. The number of anilines is 2. The van der Waals surface area contributed by atoms with Crippen LogP contribution in [0.15, 0.2) is 36.4 Å². The first-order chi connectivity index (χ1) is 17.4. The van der Waals surface area contributed by atoms with Crippen LogP contribution in [0.3, 0.4) is 0 Å². The van der Waals surface area contributed by atoms with Crippen molar-refractivity contribution >= 4 is 46.0 Å². The van der Waals surface area contributed by atoms with E-state index >= 15 is 0 Å². The Hall–Kier alpha value is -4.28. The van der Waals surface area contributed by atoms with E-state index in [0.717, 1.165) is 23.9 Å². The summed E-state index contributed by atoms with van der Waals surface area (Å²) in [4.78, 5) is 39.6. The van der Waals surface area contributed by atoms with Gasteiger partial charge in [0.2, 0.25) is 11.9 Å². The fourth-order valence-electron chi connectivity index (χ4n) is 3.43. The summed E-state index contributed by atoms with van der Waals surface area (Å²) < 4.78 is 6.04. The number of imidazole rings is 2. The van der Waals surface area contributed by atoms with E-state index in [2.05, 4.69) is 41.2 Å². The number of carbonyl (C=O) groups is 2. The second-order valence-corrected chi connectivity index (χ2v) is 10.3. The number of urea groups is 2. The summed E-state index contributed by atoms with van der Waals surface area (Å²) in [6.07, 6.45) is 1.60. The largest absolute Gasteiger partial charge is 0.457 e. The lowest BCUT2D eigenvalue weighted by Gasteiger charge is -2.24. The Morgan fingerprint density at radius 1 is 0.757 bits per heavy atom. The molecule has 0 aliphatic heterocycles. The highest BCUT2D eigenvalue weighted by atomic mass is 16.5. The van der Waals surface area contributed by atoms with Crippen LogP contribution in [-0.2, 0) is 0 Å². The number of carbonyl (C=O) groups excluding carboxylic acids is 2. The molecule has 0 saturated carbocycles. The van der Waals surface area contributed by atoms with Gasteiger partial charge in [0, 0.05) is 23.2 Å². The van der Waals surface area contributed by atoms with Gasteiger partial charge in [0.05, 0.1) is 22.1 Å². The lowest BCUT2D eigenvalue weighted by Crippen LogP contribution is -2.45. The van der Waals surface area contributed by atoms with Gasteiger partial charge >= 0.3 is 12.1 Å². The first-order valence-electron chi connectivity index (χ1n) is 12.3. The molecule has 0 spiro atoms. The number of benzene rings is 2. The van der Waals surface area contributed by atoms with E-state index < -0.39 is 0 Å². The summed E-state index contributed by atoms with van der Waals surface area (Å²) in [5.74, 6) is 1.89. The van der Waals surface area contributed by atoms with Crippen LogP contribution in [-0.4, -0.2) is 43.1 Å². The average Bonchev–Trinajstić information content (AvgIpc) is 3.40. The smallest absolute Gasteiger partial charge is 0.321 e. The molecule has 0 radical (unpaired) electrons. The van der Waals surface area contributed by atoms with Gasteiger partial charge in [0.25, 0.3) is 0 Å². The van der Waals surface area contributed by atoms with E-state index in [1.807, 2.05) is 65.8 Å². The third-order valence-electron chi connectivity index (χ3n) is 6.28. The Morgan fingerprint density at radius 2 is 1.16 bits per heavy atom. The highest BCUT2D eigenvalue weighted by Crippen LogP contribution is 2.28. The first-order valence-corrected chi connectivity index (χ1v) is 12.3.